The predicted octanol–water partition coefficient (Wildman–Crippen LogP) is 2.19. The van der Waals surface area contributed by atoms with Gasteiger partial charge in [-0.05, 0) is 38.4 Å². The van der Waals surface area contributed by atoms with Gasteiger partial charge in [0.1, 0.15) is 5.75 Å². The second-order valence-corrected chi connectivity index (χ2v) is 4.66. The van der Waals surface area contributed by atoms with Crippen molar-refractivity contribution in [2.45, 2.75) is 26.2 Å². The van der Waals surface area contributed by atoms with Gasteiger partial charge in [0.2, 0.25) is 5.91 Å². The molecule has 1 aromatic carbocycles. The Bertz CT molecular complexity index is 424. The smallest absolute Gasteiger partial charge is 0.227 e. The molecule has 0 saturated carbocycles. The summed E-state index contributed by atoms with van der Waals surface area (Å²) in [5.41, 5.74) is 6.38. The van der Waals surface area contributed by atoms with Crippen molar-refractivity contribution >= 4 is 11.6 Å². The first-order chi connectivity index (χ1) is 10.2. The maximum absolute atomic E-state index is 12.5. The van der Waals surface area contributed by atoms with E-state index in [1.807, 2.05) is 31.2 Å². The minimum Gasteiger partial charge on any atom is -0.495 e. The van der Waals surface area contributed by atoms with Gasteiger partial charge in [0.25, 0.3) is 0 Å². The van der Waals surface area contributed by atoms with Crippen LogP contribution in [0.4, 0.5) is 5.69 Å². The van der Waals surface area contributed by atoms with Gasteiger partial charge in [0.05, 0.1) is 12.8 Å². The lowest BCUT2D eigenvalue weighted by atomic mass is 10.2. The third-order valence-corrected chi connectivity index (χ3v) is 3.15. The van der Waals surface area contributed by atoms with E-state index in [4.69, 9.17) is 15.2 Å². The van der Waals surface area contributed by atoms with Crippen molar-refractivity contribution in [2.75, 3.05) is 38.3 Å². The number of hydrogen-bond donors (Lipinski definition) is 1. The summed E-state index contributed by atoms with van der Waals surface area (Å²) in [5, 5.41) is 0. The van der Waals surface area contributed by atoms with Crippen LogP contribution in [0.3, 0.4) is 0 Å². The number of ether oxygens (including phenoxy) is 2. The number of nitrogens with zero attached hydrogens (tertiary/aromatic N) is 1. The monoisotopic (exact) mass is 294 g/mol. The zero-order valence-electron chi connectivity index (χ0n) is 13.0. The van der Waals surface area contributed by atoms with Crippen molar-refractivity contribution in [3.05, 3.63) is 24.3 Å². The first kappa shape index (κ1) is 17.5. The first-order valence-electron chi connectivity index (χ1n) is 7.45. The van der Waals surface area contributed by atoms with Gasteiger partial charge in [-0.1, -0.05) is 12.1 Å². The van der Waals surface area contributed by atoms with E-state index in [0.29, 0.717) is 38.5 Å². The number of anilines is 1. The Morgan fingerprint density at radius 1 is 1.29 bits per heavy atom. The summed E-state index contributed by atoms with van der Waals surface area (Å²) in [7, 11) is 1.61. The summed E-state index contributed by atoms with van der Waals surface area (Å²) < 4.78 is 10.6. The molecule has 0 heterocycles. The first-order valence-corrected chi connectivity index (χ1v) is 7.45. The Labute approximate surface area is 127 Å². The van der Waals surface area contributed by atoms with Gasteiger partial charge >= 0.3 is 0 Å². The molecule has 0 fully saturated rings. The molecular formula is C16H26N2O3. The van der Waals surface area contributed by atoms with Crippen LogP contribution < -0.4 is 15.4 Å². The zero-order valence-corrected chi connectivity index (χ0v) is 13.0. The molecule has 5 heteroatoms. The summed E-state index contributed by atoms with van der Waals surface area (Å²) in [6, 6.07) is 7.55. The number of methoxy groups -OCH3 is 1. The summed E-state index contributed by atoms with van der Waals surface area (Å²) in [6.07, 6.45) is 1.94. The van der Waals surface area contributed by atoms with Crippen molar-refractivity contribution in [1.82, 2.24) is 0 Å². The Balaban J connectivity index is 2.76. The van der Waals surface area contributed by atoms with Gasteiger partial charge in [-0.25, -0.2) is 0 Å². The van der Waals surface area contributed by atoms with E-state index in [-0.39, 0.29) is 5.91 Å². The number of carbonyl (C=O) groups is 1. The lowest BCUT2D eigenvalue weighted by molar-refractivity contribution is -0.119. The molecule has 2 N–H and O–H groups in total. The number of rotatable bonds is 10. The van der Waals surface area contributed by atoms with Crippen LogP contribution in [0.2, 0.25) is 0 Å². The molecule has 1 aromatic rings. The normalized spacial score (nSPS) is 10.4. The second-order valence-electron chi connectivity index (χ2n) is 4.66. The topological polar surface area (TPSA) is 64.8 Å². The van der Waals surface area contributed by atoms with Gasteiger partial charge < -0.3 is 20.1 Å². The molecule has 118 valence electrons. The van der Waals surface area contributed by atoms with Gasteiger partial charge in [-0.15, -0.1) is 0 Å². The molecule has 0 aliphatic heterocycles. The van der Waals surface area contributed by atoms with E-state index in [1.165, 1.54) is 0 Å². The SMILES string of the molecule is CCOCCCC(=O)N(CCCN)c1ccccc1OC. The molecule has 0 radical (unpaired) electrons. The highest BCUT2D eigenvalue weighted by Crippen LogP contribution is 2.28. The Morgan fingerprint density at radius 2 is 2.05 bits per heavy atom. The van der Waals surface area contributed by atoms with Crippen molar-refractivity contribution in [3.63, 3.8) is 0 Å². The number of para-hydroxylation sites is 2. The highest BCUT2D eigenvalue weighted by atomic mass is 16.5. The Hall–Kier alpha value is -1.59. The van der Waals surface area contributed by atoms with Crippen molar-refractivity contribution in [1.29, 1.82) is 0 Å². The van der Waals surface area contributed by atoms with Gasteiger partial charge in [-0.2, -0.15) is 0 Å². The van der Waals surface area contributed by atoms with Crippen molar-refractivity contribution < 1.29 is 14.3 Å². The molecule has 0 aliphatic rings. The Morgan fingerprint density at radius 3 is 2.71 bits per heavy atom. The zero-order chi connectivity index (χ0) is 15.5. The van der Waals surface area contributed by atoms with E-state index < -0.39 is 0 Å². The molecule has 1 rings (SSSR count). The number of amides is 1. The number of benzene rings is 1. The molecule has 5 nitrogen and oxygen atoms in total. The summed E-state index contributed by atoms with van der Waals surface area (Å²) in [4.78, 5) is 14.2. The third-order valence-electron chi connectivity index (χ3n) is 3.15. The minimum absolute atomic E-state index is 0.0765. The minimum atomic E-state index is 0.0765. The standard InChI is InChI=1S/C16H26N2O3/c1-3-21-13-6-10-16(19)18(12-7-11-17)14-8-4-5-9-15(14)20-2/h4-5,8-9H,3,6-7,10-13,17H2,1-2H3. The highest BCUT2D eigenvalue weighted by molar-refractivity contribution is 5.94. The van der Waals surface area contributed by atoms with Crippen molar-refractivity contribution in [3.8, 4) is 5.75 Å². The van der Waals surface area contributed by atoms with Crippen LogP contribution in [0, 0.1) is 0 Å². The van der Waals surface area contributed by atoms with E-state index in [9.17, 15) is 4.79 Å². The molecule has 0 bridgehead atoms. The lowest BCUT2D eigenvalue weighted by Crippen LogP contribution is -2.33. The average molecular weight is 294 g/mol. The molecule has 0 atom stereocenters. The van der Waals surface area contributed by atoms with Gasteiger partial charge in [0.15, 0.2) is 0 Å². The molecule has 0 aromatic heterocycles. The van der Waals surface area contributed by atoms with Crippen molar-refractivity contribution in [2.24, 2.45) is 5.73 Å². The second kappa shape index (κ2) is 10.2. The quantitative estimate of drug-likeness (QED) is 0.672. The van der Waals surface area contributed by atoms with E-state index >= 15 is 0 Å². The average Bonchev–Trinajstić information content (AvgIpc) is 2.52. The molecule has 1 amide bonds. The third kappa shape index (κ3) is 5.73. The molecule has 0 aliphatic carbocycles. The predicted molar refractivity (Wildman–Crippen MR) is 84.7 cm³/mol. The fourth-order valence-corrected chi connectivity index (χ4v) is 2.09. The molecule has 21 heavy (non-hydrogen) atoms. The van der Waals surface area contributed by atoms with E-state index in [1.54, 1.807) is 12.0 Å². The maximum Gasteiger partial charge on any atom is 0.227 e. The summed E-state index contributed by atoms with van der Waals surface area (Å²) >= 11 is 0. The molecule has 0 saturated heterocycles. The molecule has 0 unspecified atom stereocenters. The fourth-order valence-electron chi connectivity index (χ4n) is 2.09. The largest absolute Gasteiger partial charge is 0.495 e. The van der Waals surface area contributed by atoms with Crippen LogP contribution in [0.25, 0.3) is 0 Å². The fraction of sp³-hybridized carbons (Fsp3) is 0.562. The number of carbonyl (C=O) groups excluding carboxylic acids is 1. The van der Waals surface area contributed by atoms with E-state index in [2.05, 4.69) is 0 Å². The van der Waals surface area contributed by atoms with Crippen LogP contribution >= 0.6 is 0 Å². The molecule has 0 spiro atoms. The van der Waals surface area contributed by atoms with Crippen LogP contribution in [0.1, 0.15) is 26.2 Å². The lowest BCUT2D eigenvalue weighted by Gasteiger charge is -2.24. The Kier molecular flexibility index (Phi) is 8.47. The number of nitrogens with two attached hydrogens (primary N) is 1. The van der Waals surface area contributed by atoms with Gasteiger partial charge in [0, 0.05) is 26.2 Å². The molecular weight excluding hydrogens is 268 g/mol. The van der Waals surface area contributed by atoms with Crippen LogP contribution in [-0.4, -0.2) is 39.3 Å². The van der Waals surface area contributed by atoms with E-state index in [0.717, 1.165) is 18.5 Å². The van der Waals surface area contributed by atoms with Gasteiger partial charge in [-0.3, -0.25) is 4.79 Å². The summed E-state index contributed by atoms with van der Waals surface area (Å²) in [5.74, 6) is 0.778. The number of hydrogen-bond acceptors (Lipinski definition) is 4. The van der Waals surface area contributed by atoms with Crippen LogP contribution in [-0.2, 0) is 9.53 Å². The highest BCUT2D eigenvalue weighted by Gasteiger charge is 2.18. The maximum atomic E-state index is 12.5. The summed E-state index contributed by atoms with van der Waals surface area (Å²) in [6.45, 7) is 4.39. The van der Waals surface area contributed by atoms with Crippen LogP contribution in [0.15, 0.2) is 24.3 Å². The van der Waals surface area contributed by atoms with Crippen LogP contribution in [0.5, 0.6) is 5.75 Å².